The number of hydrogen-bond acceptors (Lipinski definition) is 5. The number of hydrogen-bond donors (Lipinski definition) is 1. The van der Waals surface area contributed by atoms with Crippen LogP contribution in [0.3, 0.4) is 0 Å². The predicted octanol–water partition coefficient (Wildman–Crippen LogP) is 2.50. The van der Waals surface area contributed by atoms with Crippen molar-refractivity contribution >= 4 is 11.9 Å². The van der Waals surface area contributed by atoms with Gasteiger partial charge in [0.15, 0.2) is 11.6 Å². The van der Waals surface area contributed by atoms with E-state index in [1.807, 2.05) is 0 Å². The Morgan fingerprint density at radius 2 is 1.83 bits per heavy atom. The maximum atomic E-state index is 13.5. The van der Waals surface area contributed by atoms with E-state index in [1.54, 1.807) is 20.8 Å². The van der Waals surface area contributed by atoms with E-state index < -0.39 is 47.2 Å². The highest BCUT2D eigenvalue weighted by Crippen LogP contribution is 2.35. The van der Waals surface area contributed by atoms with Gasteiger partial charge in [-0.1, -0.05) is 6.07 Å². The van der Waals surface area contributed by atoms with Gasteiger partial charge in [0.25, 0.3) is 0 Å². The summed E-state index contributed by atoms with van der Waals surface area (Å²) in [5, 5.41) is 2.96. The molecule has 1 unspecified atom stereocenters. The van der Waals surface area contributed by atoms with Crippen LogP contribution in [0.15, 0.2) is 18.2 Å². The lowest BCUT2D eigenvalue weighted by Gasteiger charge is -2.25. The summed E-state index contributed by atoms with van der Waals surface area (Å²) in [5.74, 6) is -3.73. The molecule has 0 spiro atoms. The predicted molar refractivity (Wildman–Crippen MR) is 82.0 cm³/mol. The summed E-state index contributed by atoms with van der Waals surface area (Å²) in [5.41, 5.74) is -0.324. The van der Waals surface area contributed by atoms with Gasteiger partial charge in [-0.25, -0.2) is 8.78 Å². The largest absolute Gasteiger partial charge is 0.468 e. The van der Waals surface area contributed by atoms with Crippen LogP contribution in [0.1, 0.15) is 38.8 Å². The molecule has 1 aliphatic rings. The Hall–Kier alpha value is -2.02. The van der Waals surface area contributed by atoms with Gasteiger partial charge in [-0.3, -0.25) is 14.9 Å². The van der Waals surface area contributed by atoms with Crippen LogP contribution >= 0.6 is 0 Å². The molecule has 1 heterocycles. The standard InChI is InChI=1S/C17H21F2NO4/c1-17(2,3)24-15(21)10-8-13(16(22)23-4)20-14(10)9-5-6-11(18)12(19)7-9/h5-7,10,13-14,20H,8H2,1-4H3/t10-,13?,14+/m1/s1. The molecule has 0 aliphatic carbocycles. The number of methoxy groups -OCH3 is 1. The Morgan fingerprint density at radius 1 is 1.17 bits per heavy atom. The normalized spacial score (nSPS) is 23.8. The van der Waals surface area contributed by atoms with E-state index in [1.165, 1.54) is 13.2 Å². The van der Waals surface area contributed by atoms with Crippen molar-refractivity contribution in [1.82, 2.24) is 5.32 Å². The second kappa shape index (κ2) is 6.84. The molecular weight excluding hydrogens is 320 g/mol. The molecule has 0 saturated carbocycles. The first-order chi connectivity index (χ1) is 11.1. The van der Waals surface area contributed by atoms with E-state index in [0.29, 0.717) is 5.56 Å². The summed E-state index contributed by atoms with van der Waals surface area (Å²) in [7, 11) is 1.25. The Kier molecular flexibility index (Phi) is 5.22. The van der Waals surface area contributed by atoms with Crippen molar-refractivity contribution < 1.29 is 27.8 Å². The number of esters is 2. The van der Waals surface area contributed by atoms with Gasteiger partial charge >= 0.3 is 11.9 Å². The monoisotopic (exact) mass is 341 g/mol. The van der Waals surface area contributed by atoms with Gasteiger partial charge in [-0.05, 0) is 44.9 Å². The number of nitrogens with one attached hydrogen (secondary N) is 1. The number of carbonyl (C=O) groups excluding carboxylic acids is 2. The molecule has 0 aromatic heterocycles. The Balaban J connectivity index is 2.31. The highest BCUT2D eigenvalue weighted by atomic mass is 19.2. The molecule has 2 rings (SSSR count). The van der Waals surface area contributed by atoms with E-state index in [9.17, 15) is 18.4 Å². The zero-order valence-corrected chi connectivity index (χ0v) is 14.1. The van der Waals surface area contributed by atoms with E-state index in [4.69, 9.17) is 9.47 Å². The number of halogens is 2. The first-order valence-corrected chi connectivity index (χ1v) is 7.64. The van der Waals surface area contributed by atoms with Crippen molar-refractivity contribution in [2.45, 2.75) is 44.9 Å². The van der Waals surface area contributed by atoms with Crippen LogP contribution in [0.4, 0.5) is 8.78 Å². The molecule has 1 N–H and O–H groups in total. The summed E-state index contributed by atoms with van der Waals surface area (Å²) in [6, 6.07) is 2.01. The number of rotatable bonds is 3. The fourth-order valence-corrected chi connectivity index (χ4v) is 2.74. The maximum Gasteiger partial charge on any atom is 0.322 e. The van der Waals surface area contributed by atoms with Crippen LogP contribution in [0, 0.1) is 17.6 Å². The number of ether oxygens (including phenoxy) is 2. The van der Waals surface area contributed by atoms with Crippen LogP contribution in [-0.2, 0) is 19.1 Å². The lowest BCUT2D eigenvalue weighted by molar-refractivity contribution is -0.160. The minimum Gasteiger partial charge on any atom is -0.468 e. The van der Waals surface area contributed by atoms with Crippen molar-refractivity contribution in [2.24, 2.45) is 5.92 Å². The average molecular weight is 341 g/mol. The third-order valence-electron chi connectivity index (χ3n) is 3.77. The van der Waals surface area contributed by atoms with Crippen LogP contribution in [-0.4, -0.2) is 30.7 Å². The fourth-order valence-electron chi connectivity index (χ4n) is 2.74. The molecule has 3 atom stereocenters. The van der Waals surface area contributed by atoms with Crippen LogP contribution in [0.5, 0.6) is 0 Å². The fraction of sp³-hybridized carbons (Fsp3) is 0.529. The molecule has 1 aliphatic heterocycles. The zero-order valence-electron chi connectivity index (χ0n) is 14.1. The first kappa shape index (κ1) is 18.3. The highest BCUT2D eigenvalue weighted by Gasteiger charge is 2.44. The van der Waals surface area contributed by atoms with E-state index in [2.05, 4.69) is 5.32 Å². The van der Waals surface area contributed by atoms with Gasteiger partial charge in [-0.15, -0.1) is 0 Å². The third kappa shape index (κ3) is 4.08. The second-order valence-corrected chi connectivity index (χ2v) is 6.77. The average Bonchev–Trinajstić information content (AvgIpc) is 2.93. The van der Waals surface area contributed by atoms with Gasteiger partial charge in [0.1, 0.15) is 11.6 Å². The topological polar surface area (TPSA) is 64.6 Å². The van der Waals surface area contributed by atoms with Gasteiger partial charge in [0.05, 0.1) is 13.0 Å². The number of carbonyl (C=O) groups is 2. The van der Waals surface area contributed by atoms with Gasteiger partial charge in [0, 0.05) is 6.04 Å². The molecule has 0 radical (unpaired) electrons. The Bertz CT molecular complexity index is 642. The molecule has 7 heteroatoms. The van der Waals surface area contributed by atoms with E-state index in [0.717, 1.165) is 12.1 Å². The molecule has 0 bridgehead atoms. The molecular formula is C17H21F2NO4. The van der Waals surface area contributed by atoms with Gasteiger partial charge in [0.2, 0.25) is 0 Å². The molecule has 1 fully saturated rings. The highest BCUT2D eigenvalue weighted by molar-refractivity contribution is 5.80. The molecule has 1 saturated heterocycles. The molecule has 5 nitrogen and oxygen atoms in total. The number of benzene rings is 1. The Labute approximate surface area is 139 Å². The van der Waals surface area contributed by atoms with Crippen LogP contribution in [0.25, 0.3) is 0 Å². The van der Waals surface area contributed by atoms with Crippen molar-refractivity contribution in [2.75, 3.05) is 7.11 Å². The van der Waals surface area contributed by atoms with E-state index in [-0.39, 0.29) is 6.42 Å². The minimum absolute atomic E-state index is 0.158. The maximum absolute atomic E-state index is 13.5. The summed E-state index contributed by atoms with van der Waals surface area (Å²) in [6.45, 7) is 5.20. The van der Waals surface area contributed by atoms with Crippen molar-refractivity contribution in [3.8, 4) is 0 Å². The van der Waals surface area contributed by atoms with Crippen molar-refractivity contribution in [3.63, 3.8) is 0 Å². The second-order valence-electron chi connectivity index (χ2n) is 6.77. The van der Waals surface area contributed by atoms with Crippen molar-refractivity contribution in [1.29, 1.82) is 0 Å². The van der Waals surface area contributed by atoms with Crippen LogP contribution in [0.2, 0.25) is 0 Å². The SMILES string of the molecule is COC(=O)C1C[C@@H](C(=O)OC(C)(C)C)[C@H](c2ccc(F)c(F)c2)N1. The molecule has 24 heavy (non-hydrogen) atoms. The lowest BCUT2D eigenvalue weighted by atomic mass is 9.93. The Morgan fingerprint density at radius 3 is 2.38 bits per heavy atom. The summed E-state index contributed by atoms with van der Waals surface area (Å²) < 4.78 is 36.8. The van der Waals surface area contributed by atoms with Crippen molar-refractivity contribution in [3.05, 3.63) is 35.4 Å². The van der Waals surface area contributed by atoms with Crippen LogP contribution < -0.4 is 5.32 Å². The quantitative estimate of drug-likeness (QED) is 0.856. The molecule has 1 aromatic rings. The molecule has 0 amide bonds. The first-order valence-electron chi connectivity index (χ1n) is 7.64. The minimum atomic E-state index is -1.02. The molecule has 132 valence electrons. The lowest BCUT2D eigenvalue weighted by Crippen LogP contribution is -2.34. The van der Waals surface area contributed by atoms with Gasteiger partial charge in [-0.2, -0.15) is 0 Å². The summed E-state index contributed by atoms with van der Waals surface area (Å²) >= 11 is 0. The van der Waals surface area contributed by atoms with Gasteiger partial charge < -0.3 is 9.47 Å². The summed E-state index contributed by atoms with van der Waals surface area (Å²) in [6.07, 6.45) is 0.158. The smallest absolute Gasteiger partial charge is 0.322 e. The third-order valence-corrected chi connectivity index (χ3v) is 3.77. The zero-order chi connectivity index (χ0) is 18.1. The summed E-state index contributed by atoms with van der Waals surface area (Å²) in [4.78, 5) is 24.3. The van der Waals surface area contributed by atoms with E-state index >= 15 is 0 Å². The molecule has 1 aromatic carbocycles.